The van der Waals surface area contributed by atoms with E-state index in [1.54, 1.807) is 0 Å². The van der Waals surface area contributed by atoms with E-state index in [9.17, 15) is 13.2 Å². The van der Waals surface area contributed by atoms with Crippen LogP contribution in [0.5, 0.6) is 0 Å². The largest absolute Gasteiger partial charge is 0.296 e. The molecule has 1 aliphatic carbocycles. The minimum atomic E-state index is -3.00. The fourth-order valence-electron chi connectivity index (χ4n) is 3.76. The molecule has 1 fully saturated rings. The minimum Gasteiger partial charge on any atom is -0.296 e. The molecule has 0 bridgehead atoms. The molecule has 0 unspecified atom stereocenters. The lowest BCUT2D eigenvalue weighted by atomic mass is 9.95. The lowest BCUT2D eigenvalue weighted by Gasteiger charge is -2.17. The number of amides is 1. The van der Waals surface area contributed by atoms with Gasteiger partial charge in [0.05, 0.1) is 23.2 Å². The fourth-order valence-corrected chi connectivity index (χ4v) is 6.26. The second-order valence-electron chi connectivity index (χ2n) is 7.10. The van der Waals surface area contributed by atoms with Gasteiger partial charge in [-0.25, -0.2) is 13.4 Å². The summed E-state index contributed by atoms with van der Waals surface area (Å²) in [5, 5.41) is 8.02. The van der Waals surface area contributed by atoms with Crippen LogP contribution in [0.1, 0.15) is 57.6 Å². The highest BCUT2D eigenvalue weighted by molar-refractivity contribution is 7.91. The first-order chi connectivity index (χ1) is 12.3. The van der Waals surface area contributed by atoms with Gasteiger partial charge in [-0.2, -0.15) is 5.10 Å². The van der Waals surface area contributed by atoms with Crippen LogP contribution in [0.4, 0.5) is 5.13 Å². The zero-order valence-electron chi connectivity index (χ0n) is 14.9. The average molecular weight is 395 g/mol. The van der Waals surface area contributed by atoms with E-state index in [4.69, 9.17) is 0 Å². The quantitative estimate of drug-likeness (QED) is 0.863. The Morgan fingerprint density at radius 2 is 2.04 bits per heavy atom. The summed E-state index contributed by atoms with van der Waals surface area (Å²) >= 11 is 1.45. The zero-order chi connectivity index (χ0) is 18.5. The summed E-state index contributed by atoms with van der Waals surface area (Å²) in [7, 11) is -3.00. The molecule has 2 aromatic heterocycles. The van der Waals surface area contributed by atoms with Crippen LogP contribution in [0, 0.1) is 13.8 Å². The van der Waals surface area contributed by atoms with E-state index in [1.165, 1.54) is 11.3 Å². The van der Waals surface area contributed by atoms with Crippen LogP contribution in [0.3, 0.4) is 0 Å². The number of anilines is 1. The van der Waals surface area contributed by atoms with E-state index in [0.717, 1.165) is 47.5 Å². The monoisotopic (exact) mass is 394 g/mol. The van der Waals surface area contributed by atoms with Gasteiger partial charge in [-0.05, 0) is 46.0 Å². The summed E-state index contributed by atoms with van der Waals surface area (Å²) < 4.78 is 25.6. The van der Waals surface area contributed by atoms with Crippen LogP contribution in [0.25, 0.3) is 0 Å². The summed E-state index contributed by atoms with van der Waals surface area (Å²) in [6.07, 6.45) is 4.30. The van der Waals surface area contributed by atoms with Crippen molar-refractivity contribution in [2.75, 3.05) is 16.8 Å². The topological polar surface area (TPSA) is 93.9 Å². The number of nitrogens with zero attached hydrogens (tertiary/aromatic N) is 3. The van der Waals surface area contributed by atoms with E-state index < -0.39 is 9.84 Å². The Balaban J connectivity index is 1.66. The number of thiazole rings is 1. The highest BCUT2D eigenvalue weighted by Gasteiger charge is 2.34. The number of rotatable bonds is 3. The number of hydrogen-bond donors (Lipinski definition) is 1. The number of aryl methyl sites for hydroxylation is 2. The standard InChI is InChI=1S/C17H22N4O3S2/c1-10-11(2)25-17(18-10)19-16(22)15-13-5-3-4-6-14(13)21(20-15)12-7-8-26(23,24)9-12/h12H,3-9H2,1-2H3,(H,18,19,22)/t12-/m1/s1. The molecule has 0 aromatic carbocycles. The second-order valence-corrected chi connectivity index (χ2v) is 10.5. The Bertz CT molecular complexity index is 955. The van der Waals surface area contributed by atoms with Crippen LogP contribution in [-0.2, 0) is 22.7 Å². The molecule has 0 spiro atoms. The Hall–Kier alpha value is -1.74. The van der Waals surface area contributed by atoms with Gasteiger partial charge in [-0.3, -0.25) is 14.8 Å². The van der Waals surface area contributed by atoms with Crippen molar-refractivity contribution in [3.8, 4) is 0 Å². The molecule has 9 heteroatoms. The molecule has 4 rings (SSSR count). The molecule has 7 nitrogen and oxygen atoms in total. The second kappa shape index (κ2) is 6.45. The van der Waals surface area contributed by atoms with Gasteiger partial charge in [-0.1, -0.05) is 0 Å². The summed E-state index contributed by atoms with van der Waals surface area (Å²) in [5.41, 5.74) is 3.35. The van der Waals surface area contributed by atoms with Gasteiger partial charge >= 0.3 is 0 Å². The zero-order valence-corrected chi connectivity index (χ0v) is 16.5. The first-order valence-corrected chi connectivity index (χ1v) is 11.5. The minimum absolute atomic E-state index is 0.118. The predicted octanol–water partition coefficient (Wildman–Crippen LogP) is 2.45. The Labute approximate surface area is 156 Å². The number of fused-ring (bicyclic) bond motifs is 1. The van der Waals surface area contributed by atoms with E-state index >= 15 is 0 Å². The Kier molecular flexibility index (Phi) is 4.38. The molecule has 1 amide bonds. The summed E-state index contributed by atoms with van der Waals surface area (Å²) in [5.74, 6) is 0.0648. The van der Waals surface area contributed by atoms with Gasteiger partial charge < -0.3 is 0 Å². The Morgan fingerprint density at radius 3 is 2.69 bits per heavy atom. The maximum Gasteiger partial charge on any atom is 0.278 e. The van der Waals surface area contributed by atoms with Gasteiger partial charge in [0.1, 0.15) is 0 Å². The van der Waals surface area contributed by atoms with Gasteiger partial charge in [0.2, 0.25) is 0 Å². The predicted molar refractivity (Wildman–Crippen MR) is 101 cm³/mol. The molecule has 1 atom stereocenters. The maximum atomic E-state index is 12.8. The van der Waals surface area contributed by atoms with Crippen molar-refractivity contribution in [2.24, 2.45) is 0 Å². The van der Waals surface area contributed by atoms with Crippen molar-refractivity contribution in [1.29, 1.82) is 0 Å². The van der Waals surface area contributed by atoms with Gasteiger partial charge in [0, 0.05) is 16.1 Å². The van der Waals surface area contributed by atoms with E-state index in [1.807, 2.05) is 18.5 Å². The van der Waals surface area contributed by atoms with Crippen LogP contribution >= 0.6 is 11.3 Å². The smallest absolute Gasteiger partial charge is 0.278 e. The normalized spacial score (nSPS) is 21.5. The molecular formula is C17H22N4O3S2. The number of sulfone groups is 1. The highest BCUT2D eigenvalue weighted by Crippen LogP contribution is 2.32. The molecule has 0 saturated carbocycles. The van der Waals surface area contributed by atoms with Crippen molar-refractivity contribution in [3.05, 3.63) is 27.5 Å². The van der Waals surface area contributed by atoms with Crippen molar-refractivity contribution in [1.82, 2.24) is 14.8 Å². The molecule has 0 radical (unpaired) electrons. The van der Waals surface area contributed by atoms with Crippen molar-refractivity contribution >= 4 is 32.2 Å². The number of carbonyl (C=O) groups is 1. The van der Waals surface area contributed by atoms with Crippen LogP contribution < -0.4 is 5.32 Å². The van der Waals surface area contributed by atoms with Gasteiger partial charge in [0.15, 0.2) is 20.7 Å². The first kappa shape index (κ1) is 17.7. The van der Waals surface area contributed by atoms with Crippen molar-refractivity contribution in [2.45, 2.75) is 52.0 Å². The van der Waals surface area contributed by atoms with E-state index in [0.29, 0.717) is 17.2 Å². The number of aromatic nitrogens is 3. The maximum absolute atomic E-state index is 12.8. The fraction of sp³-hybridized carbons (Fsp3) is 0.588. The van der Waals surface area contributed by atoms with Crippen LogP contribution in [-0.4, -0.2) is 40.6 Å². The molecule has 2 aromatic rings. The first-order valence-electron chi connectivity index (χ1n) is 8.90. The summed E-state index contributed by atoms with van der Waals surface area (Å²) in [6, 6.07) is -0.155. The SMILES string of the molecule is Cc1nc(NC(=O)c2nn([C@@H]3CCS(=O)(=O)C3)c3c2CCCC3)sc1C. The molecule has 1 aliphatic heterocycles. The number of nitrogens with one attached hydrogen (secondary N) is 1. The van der Waals surface area contributed by atoms with Crippen LogP contribution in [0.2, 0.25) is 0 Å². The Morgan fingerprint density at radius 1 is 1.27 bits per heavy atom. The summed E-state index contributed by atoms with van der Waals surface area (Å²) in [6.45, 7) is 3.89. The lowest BCUT2D eigenvalue weighted by Crippen LogP contribution is -2.17. The molecule has 140 valence electrons. The average Bonchev–Trinajstić information content (AvgIpc) is 3.23. The number of carbonyl (C=O) groups excluding carboxylic acids is 1. The highest BCUT2D eigenvalue weighted by atomic mass is 32.2. The molecular weight excluding hydrogens is 372 g/mol. The molecule has 26 heavy (non-hydrogen) atoms. The molecule has 1 saturated heterocycles. The summed E-state index contributed by atoms with van der Waals surface area (Å²) in [4.78, 5) is 18.3. The van der Waals surface area contributed by atoms with Crippen LogP contribution in [0.15, 0.2) is 0 Å². The van der Waals surface area contributed by atoms with E-state index in [-0.39, 0.29) is 23.5 Å². The third kappa shape index (κ3) is 3.18. The van der Waals surface area contributed by atoms with Gasteiger partial charge in [-0.15, -0.1) is 11.3 Å². The molecule has 1 N–H and O–H groups in total. The molecule has 2 aliphatic rings. The third-order valence-corrected chi connectivity index (χ3v) is 7.97. The number of hydrogen-bond acceptors (Lipinski definition) is 6. The van der Waals surface area contributed by atoms with Gasteiger partial charge in [0.25, 0.3) is 5.91 Å². The molecule has 3 heterocycles. The van der Waals surface area contributed by atoms with E-state index in [2.05, 4.69) is 15.4 Å². The lowest BCUT2D eigenvalue weighted by molar-refractivity contribution is 0.102. The van der Waals surface area contributed by atoms with Crippen molar-refractivity contribution < 1.29 is 13.2 Å². The third-order valence-electron chi connectivity index (χ3n) is 5.23. The van der Waals surface area contributed by atoms with Crippen molar-refractivity contribution in [3.63, 3.8) is 0 Å².